The summed E-state index contributed by atoms with van der Waals surface area (Å²) in [5, 5.41) is 23.6. The number of rotatable bonds is 7. The van der Waals surface area contributed by atoms with Crippen LogP contribution in [0.5, 0.6) is 0 Å². The van der Waals surface area contributed by atoms with Gasteiger partial charge in [0.05, 0.1) is 10.6 Å². The minimum Gasteiger partial charge on any atom is -0.312 e. The molecule has 1 amide bonds. The minimum absolute atomic E-state index is 0.0295. The van der Waals surface area contributed by atoms with Crippen LogP contribution in [0.15, 0.2) is 65.1 Å². The Labute approximate surface area is 171 Å². The smallest absolute Gasteiger partial charge is 0.271 e. The highest BCUT2D eigenvalue weighted by Gasteiger charge is 2.09. The zero-order chi connectivity index (χ0) is 20.8. The summed E-state index contributed by atoms with van der Waals surface area (Å²) in [6, 6.07) is 13.3. The number of nitro groups is 1. The molecule has 1 aromatic heterocycles. The average Bonchev–Trinajstić information content (AvgIpc) is 3.15. The van der Waals surface area contributed by atoms with Crippen LogP contribution in [-0.4, -0.2) is 31.3 Å². The Bertz CT molecular complexity index is 1060. The van der Waals surface area contributed by atoms with Gasteiger partial charge in [0.2, 0.25) is 0 Å². The number of carbonyl (C=O) groups excluding carboxylic acids is 1. The molecule has 0 radical (unpaired) electrons. The van der Waals surface area contributed by atoms with E-state index in [1.54, 1.807) is 49.3 Å². The van der Waals surface area contributed by atoms with E-state index < -0.39 is 4.92 Å². The Morgan fingerprint density at radius 2 is 2.00 bits per heavy atom. The second-order valence-corrected chi connectivity index (χ2v) is 7.10. The molecule has 0 fully saturated rings. The van der Waals surface area contributed by atoms with Gasteiger partial charge in [-0.05, 0) is 24.6 Å². The summed E-state index contributed by atoms with van der Waals surface area (Å²) >= 11 is 1.55. The van der Waals surface area contributed by atoms with E-state index in [4.69, 9.17) is 0 Å². The molecule has 0 bridgehead atoms. The lowest BCUT2D eigenvalue weighted by Crippen LogP contribution is -2.19. The summed E-state index contributed by atoms with van der Waals surface area (Å²) in [4.78, 5) is 22.7. The molecule has 0 aliphatic rings. The van der Waals surface area contributed by atoms with Crippen molar-refractivity contribution in [3.8, 4) is 0 Å². The molecule has 1 heterocycles. The first-order valence-corrected chi connectivity index (χ1v) is 9.58. The summed E-state index contributed by atoms with van der Waals surface area (Å²) in [5.74, 6) is 0.348. The maximum Gasteiger partial charge on any atom is 0.271 e. The first-order valence-electron chi connectivity index (χ1n) is 8.59. The number of amides is 1. The highest BCUT2D eigenvalue weighted by molar-refractivity contribution is 7.98. The SMILES string of the molecule is C/C(=N\NC(=O)c1ccc(CSc2nncn2C)cc1)c1cccc([N+](=O)[O-])c1. The van der Waals surface area contributed by atoms with Gasteiger partial charge in [-0.25, -0.2) is 5.43 Å². The largest absolute Gasteiger partial charge is 0.312 e. The van der Waals surface area contributed by atoms with Crippen molar-refractivity contribution in [2.45, 2.75) is 17.8 Å². The molecule has 10 heteroatoms. The lowest BCUT2D eigenvalue weighted by atomic mass is 10.1. The van der Waals surface area contributed by atoms with Gasteiger partial charge in [0.25, 0.3) is 11.6 Å². The second kappa shape index (κ2) is 9.11. The summed E-state index contributed by atoms with van der Waals surface area (Å²) in [6.07, 6.45) is 1.64. The van der Waals surface area contributed by atoms with Crippen molar-refractivity contribution < 1.29 is 9.72 Å². The van der Waals surface area contributed by atoms with Gasteiger partial charge in [0.1, 0.15) is 6.33 Å². The van der Waals surface area contributed by atoms with E-state index in [9.17, 15) is 14.9 Å². The van der Waals surface area contributed by atoms with Crippen molar-refractivity contribution in [1.82, 2.24) is 20.2 Å². The topological polar surface area (TPSA) is 115 Å². The molecule has 0 aliphatic carbocycles. The van der Waals surface area contributed by atoms with Crippen LogP contribution in [0.1, 0.15) is 28.4 Å². The lowest BCUT2D eigenvalue weighted by Gasteiger charge is -2.05. The molecule has 2 aromatic carbocycles. The van der Waals surface area contributed by atoms with Crippen molar-refractivity contribution in [1.29, 1.82) is 0 Å². The van der Waals surface area contributed by atoms with E-state index in [0.29, 0.717) is 22.6 Å². The summed E-state index contributed by atoms with van der Waals surface area (Å²) < 4.78 is 1.84. The molecule has 29 heavy (non-hydrogen) atoms. The molecule has 0 saturated heterocycles. The van der Waals surface area contributed by atoms with Gasteiger partial charge in [-0.3, -0.25) is 14.9 Å². The molecule has 1 N–H and O–H groups in total. The van der Waals surface area contributed by atoms with Crippen LogP contribution in [0.4, 0.5) is 5.69 Å². The van der Waals surface area contributed by atoms with Crippen LogP contribution in [0.3, 0.4) is 0 Å². The van der Waals surface area contributed by atoms with Gasteiger partial charge in [-0.2, -0.15) is 5.10 Å². The van der Waals surface area contributed by atoms with E-state index in [0.717, 1.165) is 10.7 Å². The fourth-order valence-corrected chi connectivity index (χ4v) is 3.26. The quantitative estimate of drug-likeness (QED) is 0.277. The first kappa shape index (κ1) is 20.2. The molecule has 9 nitrogen and oxygen atoms in total. The number of hydrazone groups is 1. The van der Waals surface area contributed by atoms with Gasteiger partial charge in [0, 0.05) is 36.1 Å². The van der Waals surface area contributed by atoms with E-state index in [1.165, 1.54) is 12.1 Å². The zero-order valence-electron chi connectivity index (χ0n) is 15.8. The van der Waals surface area contributed by atoms with Crippen molar-refractivity contribution >= 4 is 29.1 Å². The maximum atomic E-state index is 12.3. The van der Waals surface area contributed by atoms with Crippen LogP contribution in [0.2, 0.25) is 0 Å². The third-order valence-corrected chi connectivity index (χ3v) is 5.16. The predicted molar refractivity (Wildman–Crippen MR) is 110 cm³/mol. The van der Waals surface area contributed by atoms with Gasteiger partial charge in [-0.1, -0.05) is 36.0 Å². The number of nitrogens with zero attached hydrogens (tertiary/aromatic N) is 5. The molecular formula is C19H18N6O3S. The minimum atomic E-state index is -0.473. The molecular weight excluding hydrogens is 392 g/mol. The number of aromatic nitrogens is 3. The number of benzene rings is 2. The molecule has 0 saturated carbocycles. The maximum absolute atomic E-state index is 12.3. The highest BCUT2D eigenvalue weighted by Crippen LogP contribution is 2.20. The lowest BCUT2D eigenvalue weighted by molar-refractivity contribution is -0.384. The van der Waals surface area contributed by atoms with E-state index in [2.05, 4.69) is 20.7 Å². The van der Waals surface area contributed by atoms with Gasteiger partial charge < -0.3 is 4.57 Å². The first-order chi connectivity index (χ1) is 13.9. The third kappa shape index (κ3) is 5.26. The van der Waals surface area contributed by atoms with Crippen molar-refractivity contribution in [2.75, 3.05) is 0 Å². The number of non-ortho nitro benzene ring substituents is 1. The number of hydrogen-bond donors (Lipinski definition) is 1. The van der Waals surface area contributed by atoms with E-state index in [-0.39, 0.29) is 11.6 Å². The molecule has 3 rings (SSSR count). The Morgan fingerprint density at radius 1 is 1.24 bits per heavy atom. The Hall–Kier alpha value is -3.53. The van der Waals surface area contributed by atoms with Crippen LogP contribution in [0, 0.1) is 10.1 Å². The zero-order valence-corrected chi connectivity index (χ0v) is 16.6. The predicted octanol–water partition coefficient (Wildman–Crippen LogP) is 3.17. The number of nitro benzene ring substituents is 1. The van der Waals surface area contributed by atoms with Crippen LogP contribution >= 0.6 is 11.8 Å². The Balaban J connectivity index is 1.60. The van der Waals surface area contributed by atoms with Gasteiger partial charge in [-0.15, -0.1) is 10.2 Å². The Morgan fingerprint density at radius 3 is 2.66 bits per heavy atom. The van der Waals surface area contributed by atoms with Crippen LogP contribution in [0.25, 0.3) is 0 Å². The van der Waals surface area contributed by atoms with Crippen molar-refractivity contribution in [3.05, 3.63) is 81.7 Å². The van der Waals surface area contributed by atoms with Crippen LogP contribution in [-0.2, 0) is 12.8 Å². The number of thioether (sulfide) groups is 1. The number of nitrogens with one attached hydrogen (secondary N) is 1. The normalized spacial score (nSPS) is 11.3. The van der Waals surface area contributed by atoms with Crippen molar-refractivity contribution in [2.24, 2.45) is 12.1 Å². The summed E-state index contributed by atoms with van der Waals surface area (Å²) in [5.41, 5.74) is 5.00. The molecule has 148 valence electrons. The molecule has 0 aliphatic heterocycles. The molecule has 0 unspecified atom stereocenters. The van der Waals surface area contributed by atoms with Crippen LogP contribution < -0.4 is 5.43 Å². The summed E-state index contributed by atoms with van der Waals surface area (Å²) in [7, 11) is 1.88. The van der Waals surface area contributed by atoms with E-state index >= 15 is 0 Å². The average molecular weight is 410 g/mol. The number of aryl methyl sites for hydroxylation is 1. The fourth-order valence-electron chi connectivity index (χ4n) is 2.41. The number of hydrogen-bond acceptors (Lipinski definition) is 7. The van der Waals surface area contributed by atoms with Gasteiger partial charge in [0.15, 0.2) is 5.16 Å². The highest BCUT2D eigenvalue weighted by atomic mass is 32.2. The molecule has 0 spiro atoms. The Kier molecular flexibility index (Phi) is 6.35. The van der Waals surface area contributed by atoms with Crippen molar-refractivity contribution in [3.63, 3.8) is 0 Å². The van der Waals surface area contributed by atoms with Gasteiger partial charge >= 0.3 is 0 Å². The fraction of sp³-hybridized carbons (Fsp3) is 0.158. The molecule has 0 atom stereocenters. The third-order valence-electron chi connectivity index (χ3n) is 4.05. The summed E-state index contributed by atoms with van der Waals surface area (Å²) in [6.45, 7) is 1.67. The monoisotopic (exact) mass is 410 g/mol. The number of carbonyl (C=O) groups is 1. The second-order valence-electron chi connectivity index (χ2n) is 6.16. The van der Waals surface area contributed by atoms with E-state index in [1.807, 2.05) is 23.7 Å². The molecule has 3 aromatic rings. The standard InChI is InChI=1S/C19H18N6O3S/c1-13(16-4-3-5-17(10-16)25(27)28)21-22-18(26)15-8-6-14(7-9-15)11-29-19-23-20-12-24(19)2/h3-10,12H,11H2,1-2H3,(H,22,26)/b21-13+.